The van der Waals surface area contributed by atoms with Crippen molar-refractivity contribution in [2.45, 2.75) is 51.0 Å². The van der Waals surface area contributed by atoms with Gasteiger partial charge in [0.1, 0.15) is 0 Å². The Balaban J connectivity index is 0.00000320. The fraction of sp³-hybridized carbons (Fsp3) is 0.667. The lowest BCUT2D eigenvalue weighted by atomic mass is 10.1. The summed E-state index contributed by atoms with van der Waals surface area (Å²) in [5.74, 6) is 0.632. The van der Waals surface area contributed by atoms with Crippen LogP contribution in [0.5, 0.6) is 0 Å². The lowest BCUT2D eigenvalue weighted by molar-refractivity contribution is 0.0468. The zero-order chi connectivity index (χ0) is 20.5. The Morgan fingerprint density at radius 3 is 2.57 bits per heavy atom. The molecule has 0 amide bonds. The molecule has 1 aliphatic heterocycles. The van der Waals surface area contributed by atoms with Crippen LogP contribution in [0.4, 0.5) is 5.69 Å². The Kier molecular flexibility index (Phi) is 10.7. The summed E-state index contributed by atoms with van der Waals surface area (Å²) in [5.41, 5.74) is 1.90. The predicted molar refractivity (Wildman–Crippen MR) is 134 cm³/mol. The largest absolute Gasteiger partial charge is 0.376 e. The zero-order valence-electron chi connectivity index (χ0n) is 17.8. The molecule has 2 N–H and O–H groups in total. The normalized spacial score (nSPS) is 17.8. The number of ether oxygens (including phenoxy) is 1. The van der Waals surface area contributed by atoms with Gasteiger partial charge in [-0.1, -0.05) is 43.9 Å². The highest BCUT2D eigenvalue weighted by atomic mass is 127. The minimum Gasteiger partial charge on any atom is -0.376 e. The van der Waals surface area contributed by atoms with E-state index in [4.69, 9.17) is 4.74 Å². The molecule has 9 heteroatoms. The van der Waals surface area contributed by atoms with Gasteiger partial charge in [-0.15, -0.1) is 24.0 Å². The second-order valence-electron chi connectivity index (χ2n) is 7.68. The highest BCUT2D eigenvalue weighted by molar-refractivity contribution is 14.0. The highest BCUT2D eigenvalue weighted by Crippen LogP contribution is 2.29. The van der Waals surface area contributed by atoms with Crippen LogP contribution in [-0.4, -0.2) is 59.5 Å². The average Bonchev–Trinajstić information content (AvgIpc) is 3.00. The Morgan fingerprint density at radius 1 is 1.13 bits per heavy atom. The molecule has 1 aliphatic carbocycles. The summed E-state index contributed by atoms with van der Waals surface area (Å²) >= 11 is 0. The van der Waals surface area contributed by atoms with Crippen LogP contribution in [-0.2, 0) is 21.2 Å². The summed E-state index contributed by atoms with van der Waals surface area (Å²) in [5, 5.41) is 6.30. The maximum Gasteiger partial charge on any atom is 0.236 e. The molecule has 30 heavy (non-hydrogen) atoms. The van der Waals surface area contributed by atoms with Crippen molar-refractivity contribution in [2.24, 2.45) is 4.99 Å². The van der Waals surface area contributed by atoms with Crippen molar-refractivity contribution in [3.8, 4) is 0 Å². The summed E-state index contributed by atoms with van der Waals surface area (Å²) < 4.78 is 33.0. The fourth-order valence-corrected chi connectivity index (χ4v) is 5.46. The molecule has 1 aromatic carbocycles. The molecule has 170 valence electrons. The van der Waals surface area contributed by atoms with Crippen molar-refractivity contribution >= 4 is 45.6 Å². The quantitative estimate of drug-likeness (QED) is 0.171. The molecule has 0 bridgehead atoms. The van der Waals surface area contributed by atoms with Crippen molar-refractivity contribution in [3.63, 3.8) is 0 Å². The third-order valence-corrected chi connectivity index (χ3v) is 7.38. The van der Waals surface area contributed by atoms with Crippen LogP contribution in [0.25, 0.3) is 0 Å². The van der Waals surface area contributed by atoms with Gasteiger partial charge in [-0.2, -0.15) is 0 Å². The van der Waals surface area contributed by atoms with Gasteiger partial charge in [0.25, 0.3) is 0 Å². The number of sulfonamides is 1. The summed E-state index contributed by atoms with van der Waals surface area (Å²) in [7, 11) is -1.67. The van der Waals surface area contributed by atoms with Crippen LogP contribution in [0, 0.1) is 0 Å². The van der Waals surface area contributed by atoms with Gasteiger partial charge in [-0.25, -0.2) is 8.42 Å². The van der Waals surface area contributed by atoms with Gasteiger partial charge >= 0.3 is 0 Å². The van der Waals surface area contributed by atoms with E-state index in [1.807, 2.05) is 24.3 Å². The van der Waals surface area contributed by atoms with Crippen LogP contribution in [0.2, 0.25) is 0 Å². The summed E-state index contributed by atoms with van der Waals surface area (Å²) in [4.78, 5) is 4.17. The van der Waals surface area contributed by atoms with E-state index in [1.54, 1.807) is 7.05 Å². The average molecular weight is 551 g/mol. The van der Waals surface area contributed by atoms with Gasteiger partial charge in [0.05, 0.1) is 24.2 Å². The summed E-state index contributed by atoms with van der Waals surface area (Å²) in [6, 6.07) is 7.70. The first-order chi connectivity index (χ1) is 14.1. The molecular formula is C21H35IN4O3S. The van der Waals surface area contributed by atoms with Crippen LogP contribution in [0.3, 0.4) is 0 Å². The smallest absolute Gasteiger partial charge is 0.236 e. The topological polar surface area (TPSA) is 83.0 Å². The number of benzene rings is 1. The Morgan fingerprint density at radius 2 is 1.83 bits per heavy atom. The number of aliphatic imine (C=N–C) groups is 1. The number of nitrogens with zero attached hydrogens (tertiary/aromatic N) is 2. The van der Waals surface area contributed by atoms with Crippen molar-refractivity contribution < 1.29 is 13.2 Å². The number of rotatable bonds is 8. The molecular weight excluding hydrogens is 515 g/mol. The maximum atomic E-state index is 12.7. The third kappa shape index (κ3) is 7.26. The number of nitrogens with one attached hydrogen (secondary N) is 2. The standard InChI is InChI=1S/C21H34N4O3S.HI/c1-22-21(23-13-16-28-19-9-4-2-3-5-10-19)24-14-17-29(26,27)25-15-12-18-8-6-7-11-20(18)25;/h6-8,11,19H,2-5,9-10,12-17H2,1H3,(H2,22,23,24);1H. The van der Waals surface area contributed by atoms with Gasteiger partial charge in [0.2, 0.25) is 10.0 Å². The molecule has 0 spiro atoms. The predicted octanol–water partition coefficient (Wildman–Crippen LogP) is 2.90. The number of anilines is 1. The number of fused-ring (bicyclic) bond motifs is 1. The molecule has 7 nitrogen and oxygen atoms in total. The van der Waals surface area contributed by atoms with Crippen LogP contribution >= 0.6 is 24.0 Å². The molecule has 0 atom stereocenters. The highest BCUT2D eigenvalue weighted by Gasteiger charge is 2.28. The maximum absolute atomic E-state index is 12.7. The van der Waals surface area contributed by atoms with E-state index < -0.39 is 10.0 Å². The number of para-hydroxylation sites is 1. The zero-order valence-corrected chi connectivity index (χ0v) is 21.0. The lowest BCUT2D eigenvalue weighted by Gasteiger charge is -2.20. The molecule has 0 radical (unpaired) electrons. The second kappa shape index (κ2) is 12.7. The van der Waals surface area contributed by atoms with Crippen LogP contribution in [0.15, 0.2) is 29.3 Å². The minimum atomic E-state index is -3.36. The Hall–Kier alpha value is -1.07. The second-order valence-corrected chi connectivity index (χ2v) is 9.69. The van der Waals surface area contributed by atoms with E-state index in [1.165, 1.54) is 30.0 Å². The first-order valence-corrected chi connectivity index (χ1v) is 12.4. The van der Waals surface area contributed by atoms with Crippen molar-refractivity contribution in [1.29, 1.82) is 0 Å². The third-order valence-electron chi connectivity index (χ3n) is 5.61. The molecule has 3 rings (SSSR count). The Labute approximate surface area is 198 Å². The van der Waals surface area contributed by atoms with Crippen molar-refractivity contribution in [3.05, 3.63) is 29.8 Å². The van der Waals surface area contributed by atoms with Gasteiger partial charge < -0.3 is 15.4 Å². The number of halogens is 1. The molecule has 1 heterocycles. The van der Waals surface area contributed by atoms with Crippen LogP contribution in [0.1, 0.15) is 44.1 Å². The number of guanidine groups is 1. The van der Waals surface area contributed by atoms with E-state index >= 15 is 0 Å². The number of hydrogen-bond acceptors (Lipinski definition) is 4. The van der Waals surface area contributed by atoms with Gasteiger partial charge in [-0.3, -0.25) is 9.30 Å². The van der Waals surface area contributed by atoms with E-state index in [-0.39, 0.29) is 29.7 Å². The molecule has 1 saturated carbocycles. The summed E-state index contributed by atoms with van der Waals surface area (Å²) in [6.07, 6.45) is 8.63. The van der Waals surface area contributed by atoms with E-state index in [0.717, 1.165) is 30.5 Å². The minimum absolute atomic E-state index is 0. The molecule has 1 fully saturated rings. The first kappa shape index (κ1) is 25.2. The molecule has 0 unspecified atom stereocenters. The number of hydrogen-bond donors (Lipinski definition) is 2. The monoisotopic (exact) mass is 550 g/mol. The fourth-order valence-electron chi connectivity index (χ4n) is 4.03. The lowest BCUT2D eigenvalue weighted by Crippen LogP contribution is -2.43. The molecule has 0 saturated heterocycles. The van der Waals surface area contributed by atoms with Gasteiger partial charge in [0.15, 0.2) is 5.96 Å². The van der Waals surface area contributed by atoms with Crippen molar-refractivity contribution in [1.82, 2.24) is 10.6 Å². The molecule has 2 aliphatic rings. The van der Waals surface area contributed by atoms with Crippen LogP contribution < -0.4 is 14.9 Å². The van der Waals surface area contributed by atoms with Crippen molar-refractivity contribution in [2.75, 3.05) is 43.3 Å². The molecule has 1 aromatic rings. The Bertz CT molecular complexity index is 780. The van der Waals surface area contributed by atoms with Gasteiger partial charge in [-0.05, 0) is 30.9 Å². The SMILES string of the molecule is CN=C(NCCOC1CCCCCC1)NCCS(=O)(=O)N1CCc2ccccc21.I. The first-order valence-electron chi connectivity index (χ1n) is 10.7. The van der Waals surface area contributed by atoms with E-state index in [0.29, 0.717) is 38.3 Å². The summed E-state index contributed by atoms with van der Waals surface area (Å²) in [6.45, 7) is 2.12. The molecule has 0 aromatic heterocycles. The van der Waals surface area contributed by atoms with E-state index in [9.17, 15) is 8.42 Å². The van der Waals surface area contributed by atoms with E-state index in [2.05, 4.69) is 15.6 Å². The van der Waals surface area contributed by atoms with Gasteiger partial charge in [0, 0.05) is 26.7 Å².